The summed E-state index contributed by atoms with van der Waals surface area (Å²) in [5.74, 6) is -0.325. The van der Waals surface area contributed by atoms with Crippen LogP contribution < -0.4 is 5.32 Å². The van der Waals surface area contributed by atoms with Crippen LogP contribution in [0.25, 0.3) is 0 Å². The van der Waals surface area contributed by atoms with Gasteiger partial charge in [-0.1, -0.05) is 33.3 Å². The Balaban J connectivity index is 2.12. The highest BCUT2D eigenvalue weighted by Gasteiger charge is 2.32. The van der Waals surface area contributed by atoms with E-state index >= 15 is 0 Å². The molecule has 0 spiro atoms. The Morgan fingerprint density at radius 1 is 1.38 bits per heavy atom. The number of amidine groups is 1. The Kier molecular flexibility index (Phi) is 5.47. The summed E-state index contributed by atoms with van der Waals surface area (Å²) in [5, 5.41) is 12.7. The van der Waals surface area contributed by atoms with E-state index in [1.165, 1.54) is 23.5 Å². The second kappa shape index (κ2) is 7.63. The second-order valence-corrected chi connectivity index (χ2v) is 7.59. The number of aliphatic imine (C=N–C) groups is 1. The summed E-state index contributed by atoms with van der Waals surface area (Å²) in [4.78, 5) is 17.2. The van der Waals surface area contributed by atoms with E-state index in [0.717, 1.165) is 5.01 Å². The van der Waals surface area contributed by atoms with Crippen LogP contribution in [0.4, 0.5) is 4.39 Å². The van der Waals surface area contributed by atoms with Crippen molar-refractivity contribution in [3.05, 3.63) is 55.3 Å². The number of carbonyl (C=O) groups is 1. The van der Waals surface area contributed by atoms with Crippen LogP contribution in [0.2, 0.25) is 0 Å². The standard InChI is InChI=1S/C17H16BrFN4O2S/c1-4-25-17(24)13-8(2)20-15(16-23-22-9(3)26-16)21-14(13)11-6-5-10(19)7-12(11)18/h5-7,14H,4H2,1-3H3,(H,20,21). The van der Waals surface area contributed by atoms with Crippen molar-refractivity contribution in [1.82, 2.24) is 15.5 Å². The average molecular weight is 439 g/mol. The molecule has 9 heteroatoms. The lowest BCUT2D eigenvalue weighted by Crippen LogP contribution is -2.33. The van der Waals surface area contributed by atoms with Gasteiger partial charge in [0.05, 0.1) is 12.2 Å². The molecule has 26 heavy (non-hydrogen) atoms. The van der Waals surface area contributed by atoms with Gasteiger partial charge in [-0.2, -0.15) is 0 Å². The molecule has 2 heterocycles. The lowest BCUT2D eigenvalue weighted by atomic mass is 9.96. The smallest absolute Gasteiger partial charge is 0.338 e. The number of rotatable bonds is 4. The molecular formula is C17H16BrFN4O2S. The molecule has 1 aliphatic rings. The van der Waals surface area contributed by atoms with Crippen LogP contribution in [0.1, 0.15) is 35.5 Å². The van der Waals surface area contributed by atoms with Gasteiger partial charge in [0.25, 0.3) is 0 Å². The Morgan fingerprint density at radius 2 is 2.15 bits per heavy atom. The summed E-state index contributed by atoms with van der Waals surface area (Å²) in [6.07, 6.45) is 0. The van der Waals surface area contributed by atoms with Gasteiger partial charge in [0.1, 0.15) is 16.9 Å². The number of aromatic nitrogens is 2. The van der Waals surface area contributed by atoms with Crippen LogP contribution in [-0.2, 0) is 9.53 Å². The minimum atomic E-state index is -0.649. The number of nitrogens with one attached hydrogen (secondary N) is 1. The molecule has 0 aliphatic carbocycles. The maximum atomic E-state index is 13.5. The fourth-order valence-corrected chi connectivity index (χ4v) is 3.81. The first-order chi connectivity index (χ1) is 12.4. The van der Waals surface area contributed by atoms with Crippen LogP contribution in [-0.4, -0.2) is 28.6 Å². The number of esters is 1. The molecule has 6 nitrogen and oxygen atoms in total. The SMILES string of the molecule is CCOC(=O)C1=C(C)NC(c2nnc(C)s2)=NC1c1ccc(F)cc1Br. The van der Waals surface area contributed by atoms with Gasteiger partial charge in [-0.3, -0.25) is 4.99 Å². The third-order valence-electron chi connectivity index (χ3n) is 3.72. The molecule has 0 bridgehead atoms. The number of ether oxygens (including phenoxy) is 1. The molecule has 1 atom stereocenters. The van der Waals surface area contributed by atoms with Crippen molar-refractivity contribution in [2.24, 2.45) is 4.99 Å². The van der Waals surface area contributed by atoms with Gasteiger partial charge in [0.15, 0.2) is 10.8 Å². The molecule has 0 radical (unpaired) electrons. The topological polar surface area (TPSA) is 76.5 Å². The highest BCUT2D eigenvalue weighted by Crippen LogP contribution is 2.36. The summed E-state index contributed by atoms with van der Waals surface area (Å²) in [6.45, 7) is 5.62. The van der Waals surface area contributed by atoms with Crippen molar-refractivity contribution in [1.29, 1.82) is 0 Å². The first-order valence-corrected chi connectivity index (χ1v) is 9.49. The number of hydrogen-bond donors (Lipinski definition) is 1. The van der Waals surface area contributed by atoms with E-state index in [2.05, 4.69) is 36.4 Å². The van der Waals surface area contributed by atoms with Crippen molar-refractivity contribution in [2.75, 3.05) is 6.61 Å². The Bertz CT molecular complexity index is 925. The van der Waals surface area contributed by atoms with Crippen LogP contribution in [0, 0.1) is 12.7 Å². The maximum Gasteiger partial charge on any atom is 0.338 e. The number of nitrogens with zero attached hydrogens (tertiary/aromatic N) is 3. The van der Waals surface area contributed by atoms with Crippen LogP contribution in [0.5, 0.6) is 0 Å². The summed E-state index contributed by atoms with van der Waals surface area (Å²) < 4.78 is 19.2. The maximum absolute atomic E-state index is 13.5. The summed E-state index contributed by atoms with van der Waals surface area (Å²) in [6, 6.07) is 3.64. The van der Waals surface area contributed by atoms with Gasteiger partial charge in [0, 0.05) is 10.2 Å². The number of carbonyl (C=O) groups excluding carboxylic acids is 1. The van der Waals surface area contributed by atoms with E-state index < -0.39 is 12.0 Å². The first-order valence-electron chi connectivity index (χ1n) is 7.88. The van der Waals surface area contributed by atoms with Crippen LogP contribution in [0.3, 0.4) is 0 Å². The van der Waals surface area contributed by atoms with Gasteiger partial charge in [-0.05, 0) is 38.5 Å². The monoisotopic (exact) mass is 438 g/mol. The molecule has 1 unspecified atom stereocenters. The first kappa shape index (κ1) is 18.7. The van der Waals surface area contributed by atoms with E-state index in [9.17, 15) is 9.18 Å². The van der Waals surface area contributed by atoms with Crippen molar-refractivity contribution in [3.63, 3.8) is 0 Å². The second-order valence-electron chi connectivity index (χ2n) is 5.56. The summed E-state index contributed by atoms with van der Waals surface area (Å²) in [7, 11) is 0. The normalized spacial score (nSPS) is 17.0. The molecule has 136 valence electrons. The molecule has 0 saturated heterocycles. The molecule has 1 N–H and O–H groups in total. The van der Waals surface area contributed by atoms with Gasteiger partial charge < -0.3 is 10.1 Å². The van der Waals surface area contributed by atoms with E-state index in [4.69, 9.17) is 4.74 Å². The van der Waals surface area contributed by atoms with Gasteiger partial charge >= 0.3 is 5.97 Å². The predicted octanol–water partition coefficient (Wildman–Crippen LogP) is 3.68. The van der Waals surface area contributed by atoms with E-state index in [1.54, 1.807) is 19.9 Å². The lowest BCUT2D eigenvalue weighted by Gasteiger charge is -2.26. The third-order valence-corrected chi connectivity index (χ3v) is 5.25. The zero-order chi connectivity index (χ0) is 18.8. The Morgan fingerprint density at radius 3 is 2.77 bits per heavy atom. The van der Waals surface area contributed by atoms with Crippen LogP contribution in [0.15, 0.2) is 38.9 Å². The lowest BCUT2D eigenvalue weighted by molar-refractivity contribution is -0.138. The number of aryl methyl sites for hydroxylation is 1. The number of benzene rings is 1. The number of allylic oxidation sites excluding steroid dienone is 1. The zero-order valence-corrected chi connectivity index (χ0v) is 16.7. The zero-order valence-electron chi connectivity index (χ0n) is 14.3. The predicted molar refractivity (Wildman–Crippen MR) is 100 cm³/mol. The van der Waals surface area contributed by atoms with Crippen molar-refractivity contribution >= 4 is 39.1 Å². The quantitative estimate of drug-likeness (QED) is 0.736. The van der Waals surface area contributed by atoms with E-state index in [0.29, 0.717) is 32.1 Å². The largest absolute Gasteiger partial charge is 0.463 e. The average Bonchev–Trinajstić information content (AvgIpc) is 3.01. The van der Waals surface area contributed by atoms with Gasteiger partial charge in [-0.15, -0.1) is 10.2 Å². The van der Waals surface area contributed by atoms with Crippen molar-refractivity contribution in [3.8, 4) is 0 Å². The molecule has 2 aromatic rings. The molecule has 0 fully saturated rings. The molecular weight excluding hydrogens is 423 g/mol. The Labute approximate surface area is 162 Å². The van der Waals surface area contributed by atoms with Crippen molar-refractivity contribution < 1.29 is 13.9 Å². The fourth-order valence-electron chi connectivity index (χ4n) is 2.60. The summed E-state index contributed by atoms with van der Waals surface area (Å²) in [5.41, 5.74) is 1.65. The molecule has 1 aromatic heterocycles. The summed E-state index contributed by atoms with van der Waals surface area (Å²) >= 11 is 4.76. The number of hydrogen-bond acceptors (Lipinski definition) is 7. The molecule has 0 amide bonds. The molecule has 3 rings (SSSR count). The van der Waals surface area contributed by atoms with Gasteiger partial charge in [-0.25, -0.2) is 9.18 Å². The highest BCUT2D eigenvalue weighted by atomic mass is 79.9. The fraction of sp³-hybridized carbons (Fsp3) is 0.294. The van der Waals surface area contributed by atoms with Gasteiger partial charge in [0.2, 0.25) is 0 Å². The van der Waals surface area contributed by atoms with E-state index in [1.807, 2.05) is 6.92 Å². The highest BCUT2D eigenvalue weighted by molar-refractivity contribution is 9.10. The van der Waals surface area contributed by atoms with E-state index in [-0.39, 0.29) is 12.4 Å². The molecule has 1 aliphatic heterocycles. The minimum absolute atomic E-state index is 0.249. The molecule has 0 saturated carbocycles. The minimum Gasteiger partial charge on any atom is -0.463 e. The van der Waals surface area contributed by atoms with Crippen molar-refractivity contribution in [2.45, 2.75) is 26.8 Å². The molecule has 1 aromatic carbocycles. The Hall–Kier alpha value is -2.13. The third kappa shape index (κ3) is 3.68. The van der Waals surface area contributed by atoms with Crippen LogP contribution >= 0.6 is 27.3 Å². The number of halogens is 2.